The number of fused-ring (bicyclic) bond motifs is 1. The molecule has 0 atom stereocenters. The topological polar surface area (TPSA) is 61.0 Å². The monoisotopic (exact) mass is 400 g/mol. The van der Waals surface area contributed by atoms with Gasteiger partial charge in [-0.15, -0.1) is 0 Å². The van der Waals surface area contributed by atoms with E-state index in [9.17, 15) is 4.79 Å². The molecule has 3 rings (SSSR count). The summed E-state index contributed by atoms with van der Waals surface area (Å²) in [6.07, 6.45) is 0. The van der Waals surface area contributed by atoms with Gasteiger partial charge in [-0.05, 0) is 74.4 Å². The van der Waals surface area contributed by atoms with Crippen LogP contribution in [0.4, 0.5) is 5.69 Å². The van der Waals surface area contributed by atoms with Gasteiger partial charge in [0.15, 0.2) is 5.11 Å². The minimum Gasteiger partial charge on any atom is -0.342 e. The predicted molar refractivity (Wildman–Crippen MR) is 116 cm³/mol. The average molecular weight is 401 g/mol. The van der Waals surface area contributed by atoms with E-state index in [0.717, 1.165) is 5.69 Å². The molecule has 3 aromatic rings. The number of anilines is 1. The number of hydrogen-bond donors (Lipinski definition) is 2. The van der Waals surface area contributed by atoms with Gasteiger partial charge in [0.2, 0.25) is 0 Å². The highest BCUT2D eigenvalue weighted by Crippen LogP contribution is 2.16. The van der Waals surface area contributed by atoms with Crippen molar-refractivity contribution in [3.63, 3.8) is 0 Å². The van der Waals surface area contributed by atoms with Gasteiger partial charge in [0.1, 0.15) is 5.82 Å². The van der Waals surface area contributed by atoms with Crippen molar-refractivity contribution in [1.29, 1.82) is 0 Å². The third kappa shape index (κ3) is 4.64. The fourth-order valence-electron chi connectivity index (χ4n) is 2.99. The lowest BCUT2D eigenvalue weighted by Crippen LogP contribution is -2.35. The number of aryl methyl sites for hydroxylation is 2. The van der Waals surface area contributed by atoms with E-state index in [2.05, 4.69) is 21.4 Å². The molecule has 5 nitrogen and oxygen atoms in total. The highest BCUT2D eigenvalue weighted by atomic mass is 35.5. The fourth-order valence-corrected chi connectivity index (χ4v) is 3.47. The van der Waals surface area contributed by atoms with Gasteiger partial charge >= 0.3 is 0 Å². The van der Waals surface area contributed by atoms with E-state index in [0.29, 0.717) is 40.0 Å². The van der Waals surface area contributed by atoms with Crippen LogP contribution in [0.2, 0.25) is 5.02 Å². The Morgan fingerprint density at radius 3 is 2.59 bits per heavy atom. The van der Waals surface area contributed by atoms with Gasteiger partial charge in [-0.1, -0.05) is 17.7 Å². The quantitative estimate of drug-likeness (QED) is 0.635. The van der Waals surface area contributed by atoms with E-state index in [4.69, 9.17) is 23.8 Å². The standard InChI is InChI=1S/C20H21ClN4OS/c1-4-25(20(27)22-15-8-12(2)7-13(3)9-15)11-18-23-17-10-14(21)5-6-16(17)19(26)24-18/h5-10H,4,11H2,1-3H3,(H,22,27)(H,23,24,26). The van der Waals surface area contributed by atoms with Crippen LogP contribution in [0.15, 0.2) is 41.2 Å². The SMILES string of the molecule is CCN(Cc1nc2cc(Cl)ccc2c(=O)[nH]1)C(=S)Nc1cc(C)cc(C)c1. The van der Waals surface area contributed by atoms with E-state index >= 15 is 0 Å². The predicted octanol–water partition coefficient (Wildman–Crippen LogP) is 4.41. The number of aromatic nitrogens is 2. The summed E-state index contributed by atoms with van der Waals surface area (Å²) in [7, 11) is 0. The first kappa shape index (κ1) is 19.3. The maximum atomic E-state index is 12.3. The first-order chi connectivity index (χ1) is 12.9. The average Bonchev–Trinajstić information content (AvgIpc) is 2.58. The first-order valence-electron chi connectivity index (χ1n) is 8.68. The van der Waals surface area contributed by atoms with Crippen molar-refractivity contribution < 1.29 is 0 Å². The molecule has 2 N–H and O–H groups in total. The molecular weight excluding hydrogens is 380 g/mol. The number of hydrogen-bond acceptors (Lipinski definition) is 3. The first-order valence-corrected chi connectivity index (χ1v) is 9.47. The van der Waals surface area contributed by atoms with Crippen molar-refractivity contribution >= 4 is 45.5 Å². The second-order valence-corrected chi connectivity index (χ2v) is 7.32. The maximum Gasteiger partial charge on any atom is 0.258 e. The highest BCUT2D eigenvalue weighted by molar-refractivity contribution is 7.80. The van der Waals surface area contributed by atoms with Crippen molar-refractivity contribution in [3.8, 4) is 0 Å². The molecule has 0 saturated carbocycles. The Bertz CT molecular complexity index is 1040. The lowest BCUT2D eigenvalue weighted by Gasteiger charge is -2.24. The molecule has 0 aliphatic rings. The molecule has 140 valence electrons. The second-order valence-electron chi connectivity index (χ2n) is 6.49. The largest absolute Gasteiger partial charge is 0.342 e. The van der Waals surface area contributed by atoms with Gasteiger partial charge in [-0.25, -0.2) is 4.98 Å². The zero-order valence-corrected chi connectivity index (χ0v) is 17.0. The van der Waals surface area contributed by atoms with Crippen molar-refractivity contribution in [2.75, 3.05) is 11.9 Å². The van der Waals surface area contributed by atoms with Gasteiger partial charge in [0.05, 0.1) is 17.4 Å². The Morgan fingerprint density at radius 1 is 1.22 bits per heavy atom. The van der Waals surface area contributed by atoms with Crippen LogP contribution in [0.1, 0.15) is 23.9 Å². The summed E-state index contributed by atoms with van der Waals surface area (Å²) in [5.74, 6) is 0.543. The van der Waals surface area contributed by atoms with Crippen LogP contribution in [0, 0.1) is 13.8 Å². The van der Waals surface area contributed by atoms with E-state index in [-0.39, 0.29) is 5.56 Å². The summed E-state index contributed by atoms with van der Waals surface area (Å²) in [4.78, 5) is 21.6. The van der Waals surface area contributed by atoms with Crippen molar-refractivity contribution in [2.45, 2.75) is 27.3 Å². The molecule has 1 heterocycles. The van der Waals surface area contributed by atoms with E-state index < -0.39 is 0 Å². The number of nitrogens with one attached hydrogen (secondary N) is 2. The number of halogens is 1. The Hall–Kier alpha value is -2.44. The molecule has 0 amide bonds. The number of benzene rings is 2. The van der Waals surface area contributed by atoms with E-state index in [1.54, 1.807) is 18.2 Å². The lowest BCUT2D eigenvalue weighted by molar-refractivity contribution is 0.429. The third-order valence-electron chi connectivity index (χ3n) is 4.20. The second kappa shape index (κ2) is 8.06. The van der Waals surface area contributed by atoms with Gasteiger partial charge in [0, 0.05) is 17.3 Å². The van der Waals surface area contributed by atoms with Gasteiger partial charge in [-0.3, -0.25) is 4.79 Å². The van der Waals surface area contributed by atoms with Crippen LogP contribution < -0.4 is 10.9 Å². The normalized spacial score (nSPS) is 10.8. The number of thiocarbonyl (C=S) groups is 1. The molecule has 0 unspecified atom stereocenters. The molecule has 7 heteroatoms. The van der Waals surface area contributed by atoms with Gasteiger partial charge in [-0.2, -0.15) is 0 Å². The smallest absolute Gasteiger partial charge is 0.258 e. The van der Waals surface area contributed by atoms with Crippen LogP contribution in [0.25, 0.3) is 10.9 Å². The number of rotatable bonds is 4. The molecule has 0 spiro atoms. The van der Waals surface area contributed by atoms with Crippen molar-refractivity contribution in [2.24, 2.45) is 0 Å². The molecule has 0 aliphatic heterocycles. The van der Waals surface area contributed by atoms with E-state index in [1.807, 2.05) is 37.8 Å². The molecule has 27 heavy (non-hydrogen) atoms. The van der Waals surface area contributed by atoms with E-state index in [1.165, 1.54) is 11.1 Å². The summed E-state index contributed by atoms with van der Waals surface area (Å²) in [6, 6.07) is 11.3. The van der Waals surface area contributed by atoms with Crippen LogP contribution in [0.3, 0.4) is 0 Å². The van der Waals surface area contributed by atoms with Crippen LogP contribution in [0.5, 0.6) is 0 Å². The van der Waals surface area contributed by atoms with Crippen molar-refractivity contribution in [3.05, 3.63) is 68.7 Å². The fraction of sp³-hybridized carbons (Fsp3) is 0.250. The molecule has 0 fully saturated rings. The molecule has 0 bridgehead atoms. The van der Waals surface area contributed by atoms with Gasteiger partial charge in [0.25, 0.3) is 5.56 Å². The molecular formula is C20H21ClN4OS. The number of nitrogens with zero attached hydrogens (tertiary/aromatic N) is 2. The number of aromatic amines is 1. The lowest BCUT2D eigenvalue weighted by atomic mass is 10.1. The van der Waals surface area contributed by atoms with Crippen molar-refractivity contribution in [1.82, 2.24) is 14.9 Å². The molecule has 1 aromatic heterocycles. The van der Waals surface area contributed by atoms with Crippen LogP contribution in [-0.4, -0.2) is 26.5 Å². The summed E-state index contributed by atoms with van der Waals surface area (Å²) in [5, 5.41) is 4.92. The summed E-state index contributed by atoms with van der Waals surface area (Å²) in [6.45, 7) is 7.17. The van der Waals surface area contributed by atoms with Gasteiger partial charge < -0.3 is 15.2 Å². The molecule has 0 saturated heterocycles. The zero-order chi connectivity index (χ0) is 19.6. The molecule has 2 aromatic carbocycles. The minimum absolute atomic E-state index is 0.184. The Balaban J connectivity index is 1.82. The number of H-pyrrole nitrogens is 1. The third-order valence-corrected chi connectivity index (χ3v) is 4.80. The van der Waals surface area contributed by atoms with Crippen LogP contribution >= 0.6 is 23.8 Å². The summed E-state index contributed by atoms with van der Waals surface area (Å²) in [5.41, 5.74) is 3.67. The molecule has 0 radical (unpaired) electrons. The maximum absolute atomic E-state index is 12.3. The Morgan fingerprint density at radius 2 is 1.93 bits per heavy atom. The summed E-state index contributed by atoms with van der Waals surface area (Å²) >= 11 is 11.6. The van der Waals surface area contributed by atoms with Crippen LogP contribution in [-0.2, 0) is 6.54 Å². The Kier molecular flexibility index (Phi) is 5.77. The molecule has 0 aliphatic carbocycles. The Labute approximate surface area is 168 Å². The zero-order valence-electron chi connectivity index (χ0n) is 15.5. The summed E-state index contributed by atoms with van der Waals surface area (Å²) < 4.78 is 0. The highest BCUT2D eigenvalue weighted by Gasteiger charge is 2.12. The minimum atomic E-state index is -0.184.